The van der Waals surface area contributed by atoms with Gasteiger partial charge in [0.15, 0.2) is 6.29 Å². The minimum absolute atomic E-state index is 0.0597. The Morgan fingerprint density at radius 1 is 1.26 bits per heavy atom. The molecule has 10 heteroatoms. The third kappa shape index (κ3) is 5.08. The number of fused-ring (bicyclic) bond motifs is 1. The maximum atomic E-state index is 13.5. The van der Waals surface area contributed by atoms with E-state index >= 15 is 0 Å². The quantitative estimate of drug-likeness (QED) is 0.332. The van der Waals surface area contributed by atoms with Gasteiger partial charge < -0.3 is 14.7 Å². The topological polar surface area (TPSA) is 135 Å². The number of nitrogens with zero attached hydrogens (tertiary/aromatic N) is 1. The Morgan fingerprint density at radius 3 is 2.68 bits per heavy atom. The summed E-state index contributed by atoms with van der Waals surface area (Å²) in [5.74, 6) is -1.34. The standard InChI is InChI=1S/C21H21N2O7P/c1-13-20(25)18(11-24)16(10-22-13)12-29-31(28,23-14(2)21(26)27)30-19-9-5-7-15-6-3-4-8-17(15)19/h3-11,14,25H,12H2,1-2H3,(H,23,28)(H,26,27). The largest absolute Gasteiger partial charge is 0.505 e. The van der Waals surface area contributed by atoms with Crippen LogP contribution in [-0.2, 0) is 20.5 Å². The zero-order chi connectivity index (χ0) is 22.6. The second kappa shape index (κ2) is 9.26. The van der Waals surface area contributed by atoms with Gasteiger partial charge in [0.05, 0.1) is 17.9 Å². The molecule has 2 atom stereocenters. The van der Waals surface area contributed by atoms with Crippen molar-refractivity contribution in [1.29, 1.82) is 0 Å². The Kier molecular flexibility index (Phi) is 6.70. The van der Waals surface area contributed by atoms with Crippen LogP contribution in [0.1, 0.15) is 28.5 Å². The highest BCUT2D eigenvalue weighted by molar-refractivity contribution is 7.52. The smallest absolute Gasteiger partial charge is 0.459 e. The van der Waals surface area contributed by atoms with Gasteiger partial charge in [-0.2, -0.15) is 5.09 Å². The molecule has 2 aromatic carbocycles. The Balaban J connectivity index is 1.94. The number of hydrogen-bond acceptors (Lipinski definition) is 7. The molecule has 0 aliphatic heterocycles. The van der Waals surface area contributed by atoms with E-state index < -0.39 is 26.4 Å². The first-order chi connectivity index (χ1) is 14.7. The first-order valence-electron chi connectivity index (χ1n) is 9.29. The van der Waals surface area contributed by atoms with E-state index in [1.54, 1.807) is 24.3 Å². The lowest BCUT2D eigenvalue weighted by Crippen LogP contribution is -2.33. The van der Waals surface area contributed by atoms with E-state index in [0.29, 0.717) is 11.7 Å². The number of carboxylic acid groups (broad SMARTS) is 1. The van der Waals surface area contributed by atoms with Crippen molar-refractivity contribution in [3.8, 4) is 11.5 Å². The minimum atomic E-state index is -4.23. The SMILES string of the molecule is Cc1ncc(COP(=O)(NC(C)C(=O)O)Oc2cccc3ccccc23)c(C=O)c1O. The van der Waals surface area contributed by atoms with Gasteiger partial charge in [-0.3, -0.25) is 19.1 Å². The number of aldehydes is 1. The fraction of sp³-hybridized carbons (Fsp3) is 0.190. The first kappa shape index (κ1) is 22.4. The highest BCUT2D eigenvalue weighted by Gasteiger charge is 2.32. The van der Waals surface area contributed by atoms with Crippen LogP contribution in [0.5, 0.6) is 11.5 Å². The fourth-order valence-electron chi connectivity index (χ4n) is 2.84. The summed E-state index contributed by atoms with van der Waals surface area (Å²) >= 11 is 0. The first-order valence-corrected chi connectivity index (χ1v) is 10.8. The molecule has 31 heavy (non-hydrogen) atoms. The summed E-state index contributed by atoms with van der Waals surface area (Å²) in [5, 5.41) is 23.1. The summed E-state index contributed by atoms with van der Waals surface area (Å²) in [4.78, 5) is 26.7. The summed E-state index contributed by atoms with van der Waals surface area (Å²) in [6.45, 7) is 2.40. The number of rotatable bonds is 9. The lowest BCUT2D eigenvalue weighted by atomic mass is 10.1. The van der Waals surface area contributed by atoms with Crippen LogP contribution in [0.25, 0.3) is 10.8 Å². The summed E-state index contributed by atoms with van der Waals surface area (Å²) < 4.78 is 24.6. The molecule has 0 saturated heterocycles. The number of aromatic nitrogens is 1. The van der Waals surface area contributed by atoms with Gasteiger partial charge in [-0.05, 0) is 25.3 Å². The molecule has 162 valence electrons. The molecule has 0 bridgehead atoms. The van der Waals surface area contributed by atoms with Crippen molar-refractivity contribution in [2.75, 3.05) is 0 Å². The number of aliphatic carboxylic acids is 1. The van der Waals surface area contributed by atoms with Gasteiger partial charge in [0, 0.05) is 17.1 Å². The fourth-order valence-corrected chi connectivity index (χ4v) is 4.33. The molecule has 2 unspecified atom stereocenters. The van der Waals surface area contributed by atoms with Crippen molar-refractivity contribution in [2.45, 2.75) is 26.5 Å². The number of pyridine rings is 1. The lowest BCUT2D eigenvalue weighted by molar-refractivity contribution is -0.138. The van der Waals surface area contributed by atoms with Crippen molar-refractivity contribution in [2.24, 2.45) is 0 Å². The predicted octanol–water partition coefficient (Wildman–Crippen LogP) is 3.83. The van der Waals surface area contributed by atoms with Gasteiger partial charge in [-0.15, -0.1) is 0 Å². The normalized spacial score (nSPS) is 14.0. The van der Waals surface area contributed by atoms with Gasteiger partial charge in [-0.1, -0.05) is 36.4 Å². The van der Waals surface area contributed by atoms with Crippen molar-refractivity contribution in [3.63, 3.8) is 0 Å². The second-order valence-electron chi connectivity index (χ2n) is 6.78. The minimum Gasteiger partial charge on any atom is -0.505 e. The van der Waals surface area contributed by atoms with Crippen molar-refractivity contribution in [3.05, 3.63) is 65.5 Å². The summed E-state index contributed by atoms with van der Waals surface area (Å²) in [7, 11) is -4.23. The van der Waals surface area contributed by atoms with Crippen LogP contribution in [0, 0.1) is 6.92 Å². The number of carboxylic acids is 1. The predicted molar refractivity (Wildman–Crippen MR) is 113 cm³/mol. The summed E-state index contributed by atoms with van der Waals surface area (Å²) in [6, 6.07) is 11.1. The van der Waals surface area contributed by atoms with E-state index in [4.69, 9.17) is 9.05 Å². The maximum absolute atomic E-state index is 13.5. The Hall–Kier alpha value is -3.26. The Morgan fingerprint density at radius 2 is 1.97 bits per heavy atom. The van der Waals surface area contributed by atoms with Crippen molar-refractivity contribution < 1.29 is 33.4 Å². The molecule has 0 fully saturated rings. The Labute approximate surface area is 178 Å². The monoisotopic (exact) mass is 444 g/mol. The molecule has 0 radical (unpaired) electrons. The molecule has 3 aromatic rings. The molecule has 0 aliphatic carbocycles. The number of aryl methyl sites for hydroxylation is 1. The van der Waals surface area contributed by atoms with E-state index in [9.17, 15) is 24.4 Å². The zero-order valence-corrected chi connectivity index (χ0v) is 17.7. The third-order valence-corrected chi connectivity index (χ3v) is 6.17. The van der Waals surface area contributed by atoms with Crippen LogP contribution in [-0.4, -0.2) is 33.5 Å². The highest BCUT2D eigenvalue weighted by Crippen LogP contribution is 2.47. The number of carbonyl (C=O) groups excluding carboxylic acids is 1. The molecule has 0 saturated carbocycles. The highest BCUT2D eigenvalue weighted by atomic mass is 31.2. The van der Waals surface area contributed by atoms with Crippen LogP contribution in [0.3, 0.4) is 0 Å². The van der Waals surface area contributed by atoms with Crippen LogP contribution in [0.4, 0.5) is 0 Å². The van der Waals surface area contributed by atoms with E-state index in [1.807, 2.05) is 18.2 Å². The number of aromatic hydroxyl groups is 1. The molecule has 3 N–H and O–H groups in total. The number of carbonyl (C=O) groups is 2. The molecule has 0 aliphatic rings. The van der Waals surface area contributed by atoms with Crippen LogP contribution < -0.4 is 9.61 Å². The van der Waals surface area contributed by atoms with E-state index in [2.05, 4.69) is 10.1 Å². The van der Waals surface area contributed by atoms with Crippen molar-refractivity contribution >= 4 is 30.8 Å². The molecule has 0 amide bonds. The average Bonchev–Trinajstić information content (AvgIpc) is 2.74. The molecule has 3 rings (SSSR count). The van der Waals surface area contributed by atoms with Crippen LogP contribution in [0.2, 0.25) is 0 Å². The van der Waals surface area contributed by atoms with E-state index in [1.165, 1.54) is 20.0 Å². The average molecular weight is 444 g/mol. The molecule has 1 aromatic heterocycles. The second-order valence-corrected chi connectivity index (χ2v) is 8.47. The zero-order valence-electron chi connectivity index (χ0n) is 16.8. The lowest BCUT2D eigenvalue weighted by Gasteiger charge is -2.23. The molecular weight excluding hydrogens is 423 g/mol. The van der Waals surface area contributed by atoms with E-state index in [0.717, 1.165) is 5.39 Å². The van der Waals surface area contributed by atoms with Gasteiger partial charge in [-0.25, -0.2) is 4.57 Å². The van der Waals surface area contributed by atoms with Gasteiger partial charge in [0.2, 0.25) is 0 Å². The van der Waals surface area contributed by atoms with Crippen molar-refractivity contribution in [1.82, 2.24) is 10.1 Å². The van der Waals surface area contributed by atoms with Crippen LogP contribution in [0.15, 0.2) is 48.7 Å². The molecule has 9 nitrogen and oxygen atoms in total. The number of hydrogen-bond donors (Lipinski definition) is 3. The maximum Gasteiger partial charge on any atom is 0.459 e. The molecule has 1 heterocycles. The summed E-state index contributed by atoms with van der Waals surface area (Å²) in [5.41, 5.74) is 0.360. The van der Waals surface area contributed by atoms with Gasteiger partial charge >= 0.3 is 13.7 Å². The Bertz CT molecular complexity index is 1180. The summed E-state index contributed by atoms with van der Waals surface area (Å²) in [6.07, 6.45) is 1.74. The number of nitrogens with one attached hydrogen (secondary N) is 1. The van der Waals surface area contributed by atoms with E-state index in [-0.39, 0.29) is 28.3 Å². The third-order valence-electron chi connectivity index (χ3n) is 4.56. The number of benzene rings is 2. The molecular formula is C21H21N2O7P. The molecule has 0 spiro atoms. The van der Waals surface area contributed by atoms with Gasteiger partial charge in [0.25, 0.3) is 0 Å². The van der Waals surface area contributed by atoms with Gasteiger partial charge in [0.1, 0.15) is 17.5 Å². The van der Waals surface area contributed by atoms with Crippen LogP contribution >= 0.6 is 7.75 Å².